The van der Waals surface area contributed by atoms with Crippen molar-refractivity contribution < 1.29 is 0 Å². The van der Waals surface area contributed by atoms with Crippen molar-refractivity contribution in [2.75, 3.05) is 0 Å². The molecule has 1 rings (SSSR count). The van der Waals surface area contributed by atoms with Crippen LogP contribution in [0.25, 0.3) is 0 Å². The lowest BCUT2D eigenvalue weighted by Crippen LogP contribution is -2.26. The number of rotatable bonds is 5. The Morgan fingerprint density at radius 2 is 1.80 bits per heavy atom. The van der Waals surface area contributed by atoms with E-state index in [1.165, 1.54) is 51.4 Å². The Balaban J connectivity index is 2.40. The molecule has 1 aliphatic carbocycles. The molecule has 1 fully saturated rings. The fourth-order valence-electron chi connectivity index (χ4n) is 3.22. The summed E-state index contributed by atoms with van der Waals surface area (Å²) in [6, 6.07) is 0. The van der Waals surface area contributed by atoms with Gasteiger partial charge < -0.3 is 0 Å². The van der Waals surface area contributed by atoms with Crippen LogP contribution in [0.4, 0.5) is 0 Å². The summed E-state index contributed by atoms with van der Waals surface area (Å²) in [6.07, 6.45) is 11.6. The van der Waals surface area contributed by atoms with Gasteiger partial charge in [-0.25, -0.2) is 0 Å². The summed E-state index contributed by atoms with van der Waals surface area (Å²) in [7, 11) is 0. The van der Waals surface area contributed by atoms with Gasteiger partial charge in [0.05, 0.1) is 0 Å². The molecule has 1 atom stereocenters. The Bertz CT molecular complexity index is 163. The fraction of sp³-hybridized carbons (Fsp3) is 1.00. The molecule has 0 aromatic carbocycles. The molecule has 1 unspecified atom stereocenters. The monoisotopic (exact) mass is 210 g/mol. The number of hydrogen-bond donors (Lipinski definition) is 0. The molecule has 0 saturated heterocycles. The Morgan fingerprint density at radius 3 is 2.27 bits per heavy atom. The standard InChI is InChI=1S/C15H30/c1-5-7-14(6-2)12-15(4)10-8-13(3)9-11-15/h13-14H,5-12H2,1-4H3. The third-order valence-electron chi connectivity index (χ3n) is 4.54. The molecule has 0 nitrogen and oxygen atoms in total. The zero-order valence-corrected chi connectivity index (χ0v) is 11.3. The van der Waals surface area contributed by atoms with Crippen molar-refractivity contribution in [2.24, 2.45) is 17.3 Å². The molecule has 0 aromatic heterocycles. The van der Waals surface area contributed by atoms with Gasteiger partial charge in [0.2, 0.25) is 0 Å². The highest BCUT2D eigenvalue weighted by molar-refractivity contribution is 4.82. The van der Waals surface area contributed by atoms with Gasteiger partial charge in [0.1, 0.15) is 0 Å². The van der Waals surface area contributed by atoms with Crippen molar-refractivity contribution in [3.8, 4) is 0 Å². The normalized spacial score (nSPS) is 34.0. The molecule has 0 radical (unpaired) electrons. The van der Waals surface area contributed by atoms with Crippen LogP contribution in [0.5, 0.6) is 0 Å². The van der Waals surface area contributed by atoms with Crippen molar-refractivity contribution in [3.05, 3.63) is 0 Å². The van der Waals surface area contributed by atoms with Crippen LogP contribution < -0.4 is 0 Å². The average Bonchev–Trinajstić information content (AvgIpc) is 2.22. The van der Waals surface area contributed by atoms with E-state index in [1.54, 1.807) is 0 Å². The first-order chi connectivity index (χ1) is 7.09. The maximum absolute atomic E-state index is 2.54. The summed E-state index contributed by atoms with van der Waals surface area (Å²) in [6.45, 7) is 9.66. The lowest BCUT2D eigenvalue weighted by atomic mass is 9.67. The first-order valence-electron chi connectivity index (χ1n) is 7.09. The van der Waals surface area contributed by atoms with E-state index in [-0.39, 0.29) is 0 Å². The Kier molecular flexibility index (Phi) is 5.15. The SMILES string of the molecule is CCCC(CC)CC1(C)CCC(C)CC1. The molecular weight excluding hydrogens is 180 g/mol. The summed E-state index contributed by atoms with van der Waals surface area (Å²) in [5, 5.41) is 0. The maximum Gasteiger partial charge on any atom is -0.0323 e. The molecule has 0 N–H and O–H groups in total. The molecule has 0 aromatic rings. The predicted molar refractivity (Wildman–Crippen MR) is 69.0 cm³/mol. The number of hydrogen-bond acceptors (Lipinski definition) is 0. The third kappa shape index (κ3) is 4.17. The van der Waals surface area contributed by atoms with Gasteiger partial charge in [-0.3, -0.25) is 0 Å². The van der Waals surface area contributed by atoms with Crippen LogP contribution >= 0.6 is 0 Å². The van der Waals surface area contributed by atoms with Crippen molar-refractivity contribution in [2.45, 2.75) is 79.1 Å². The molecule has 15 heavy (non-hydrogen) atoms. The van der Waals surface area contributed by atoms with Gasteiger partial charge in [0.15, 0.2) is 0 Å². The van der Waals surface area contributed by atoms with E-state index in [0.29, 0.717) is 5.41 Å². The molecule has 0 heteroatoms. The Labute approximate surface area is 96.8 Å². The maximum atomic E-state index is 2.54. The van der Waals surface area contributed by atoms with E-state index < -0.39 is 0 Å². The molecule has 0 spiro atoms. The first kappa shape index (κ1) is 13.1. The van der Waals surface area contributed by atoms with Crippen LogP contribution in [-0.2, 0) is 0 Å². The van der Waals surface area contributed by atoms with E-state index in [0.717, 1.165) is 11.8 Å². The van der Waals surface area contributed by atoms with Crippen LogP contribution in [0.1, 0.15) is 79.1 Å². The van der Waals surface area contributed by atoms with Gasteiger partial charge in [0.25, 0.3) is 0 Å². The molecule has 1 aliphatic rings. The van der Waals surface area contributed by atoms with Crippen LogP contribution in [0.15, 0.2) is 0 Å². The third-order valence-corrected chi connectivity index (χ3v) is 4.54. The second kappa shape index (κ2) is 5.92. The smallest absolute Gasteiger partial charge is 0.0323 e. The van der Waals surface area contributed by atoms with Crippen LogP contribution in [0, 0.1) is 17.3 Å². The van der Waals surface area contributed by atoms with E-state index >= 15 is 0 Å². The molecule has 90 valence electrons. The van der Waals surface area contributed by atoms with Gasteiger partial charge in [-0.15, -0.1) is 0 Å². The second-order valence-electron chi connectivity index (χ2n) is 6.26. The minimum absolute atomic E-state index is 0.683. The van der Waals surface area contributed by atoms with E-state index in [4.69, 9.17) is 0 Å². The van der Waals surface area contributed by atoms with Crippen LogP contribution in [0.3, 0.4) is 0 Å². The highest BCUT2D eigenvalue weighted by Crippen LogP contribution is 2.44. The lowest BCUT2D eigenvalue weighted by molar-refractivity contribution is 0.133. The van der Waals surface area contributed by atoms with Crippen molar-refractivity contribution >= 4 is 0 Å². The first-order valence-corrected chi connectivity index (χ1v) is 7.09. The van der Waals surface area contributed by atoms with Gasteiger partial charge in [0, 0.05) is 0 Å². The highest BCUT2D eigenvalue weighted by atomic mass is 14.4. The van der Waals surface area contributed by atoms with Crippen LogP contribution in [0.2, 0.25) is 0 Å². The fourth-order valence-corrected chi connectivity index (χ4v) is 3.22. The van der Waals surface area contributed by atoms with E-state index in [9.17, 15) is 0 Å². The minimum atomic E-state index is 0.683. The summed E-state index contributed by atoms with van der Waals surface area (Å²) < 4.78 is 0. The Morgan fingerprint density at radius 1 is 1.20 bits per heavy atom. The highest BCUT2D eigenvalue weighted by Gasteiger charge is 2.31. The van der Waals surface area contributed by atoms with Gasteiger partial charge in [-0.2, -0.15) is 0 Å². The topological polar surface area (TPSA) is 0 Å². The second-order valence-corrected chi connectivity index (χ2v) is 6.26. The van der Waals surface area contributed by atoms with Crippen LogP contribution in [-0.4, -0.2) is 0 Å². The van der Waals surface area contributed by atoms with E-state index in [1.807, 2.05) is 0 Å². The summed E-state index contributed by atoms with van der Waals surface area (Å²) >= 11 is 0. The zero-order chi connectivity index (χ0) is 11.3. The zero-order valence-electron chi connectivity index (χ0n) is 11.3. The van der Waals surface area contributed by atoms with Crippen molar-refractivity contribution in [1.29, 1.82) is 0 Å². The van der Waals surface area contributed by atoms with Crippen molar-refractivity contribution in [3.63, 3.8) is 0 Å². The van der Waals surface area contributed by atoms with Crippen molar-refractivity contribution in [1.82, 2.24) is 0 Å². The largest absolute Gasteiger partial charge is 0.0654 e. The van der Waals surface area contributed by atoms with E-state index in [2.05, 4.69) is 27.7 Å². The predicted octanol–water partition coefficient (Wildman–Crippen LogP) is 5.42. The van der Waals surface area contributed by atoms with Gasteiger partial charge in [-0.05, 0) is 36.5 Å². The summed E-state index contributed by atoms with van der Waals surface area (Å²) in [5.74, 6) is 1.98. The molecular formula is C15H30. The molecule has 0 heterocycles. The molecule has 1 saturated carbocycles. The molecule has 0 aliphatic heterocycles. The average molecular weight is 210 g/mol. The quantitative estimate of drug-likeness (QED) is 0.568. The lowest BCUT2D eigenvalue weighted by Gasteiger charge is -2.38. The minimum Gasteiger partial charge on any atom is -0.0654 e. The summed E-state index contributed by atoms with van der Waals surface area (Å²) in [4.78, 5) is 0. The summed E-state index contributed by atoms with van der Waals surface area (Å²) in [5.41, 5.74) is 0.683. The Hall–Kier alpha value is 0. The molecule has 0 amide bonds. The molecule has 0 bridgehead atoms. The van der Waals surface area contributed by atoms with Gasteiger partial charge >= 0.3 is 0 Å². The van der Waals surface area contributed by atoms with Gasteiger partial charge in [-0.1, -0.05) is 59.8 Å².